The first-order valence-electron chi connectivity index (χ1n) is 7.86. The quantitative estimate of drug-likeness (QED) is 0.854. The van der Waals surface area contributed by atoms with Gasteiger partial charge in [-0.3, -0.25) is 4.79 Å². The third kappa shape index (κ3) is 1.58. The van der Waals surface area contributed by atoms with Gasteiger partial charge in [-0.15, -0.1) is 0 Å². The number of allylic oxidation sites excluding steroid dienone is 1. The maximum absolute atomic E-state index is 12.5. The summed E-state index contributed by atoms with van der Waals surface area (Å²) in [6.45, 7) is 4.22. The number of ether oxygens (including phenoxy) is 1. The second-order valence-corrected chi connectivity index (χ2v) is 6.45. The number of carbonyl (C=O) groups excluding carboxylic acids is 1. The van der Waals surface area contributed by atoms with Crippen molar-refractivity contribution in [2.45, 2.75) is 38.6 Å². The fourth-order valence-electron chi connectivity index (χ4n) is 4.47. The molecule has 4 nitrogen and oxygen atoms in total. The number of amides is 1. The second-order valence-electron chi connectivity index (χ2n) is 6.45. The van der Waals surface area contributed by atoms with E-state index >= 15 is 0 Å². The Hall–Kier alpha value is -2.10. The molecule has 2 heterocycles. The number of aromatic nitrogens is 1. The average molecular weight is 296 g/mol. The standard InChI is InChI=1S/C18H20N2O2/c1-4-12-16-11-7-10(2)9-18(16,20-17(12)21)13-5-6-15(22-3)19-14(13)8-11/h5-7,11H,4,8-9H2,1-3H3,(H,20,21)/t11-,18-/m0/s1. The zero-order chi connectivity index (χ0) is 15.5. The van der Waals surface area contributed by atoms with E-state index in [0.29, 0.717) is 5.88 Å². The van der Waals surface area contributed by atoms with Gasteiger partial charge in [0.2, 0.25) is 11.8 Å². The molecule has 3 aliphatic rings. The van der Waals surface area contributed by atoms with Crippen molar-refractivity contribution >= 4 is 5.91 Å². The van der Waals surface area contributed by atoms with Crippen molar-refractivity contribution in [3.05, 3.63) is 46.2 Å². The Morgan fingerprint density at radius 1 is 1.45 bits per heavy atom. The highest BCUT2D eigenvalue weighted by molar-refractivity contribution is 5.99. The van der Waals surface area contributed by atoms with E-state index in [9.17, 15) is 4.79 Å². The van der Waals surface area contributed by atoms with Gasteiger partial charge in [-0.25, -0.2) is 4.98 Å². The molecule has 0 radical (unpaired) electrons. The van der Waals surface area contributed by atoms with Gasteiger partial charge in [0.25, 0.3) is 0 Å². The molecule has 1 aromatic rings. The summed E-state index contributed by atoms with van der Waals surface area (Å²) in [6.07, 6.45) is 4.79. The van der Waals surface area contributed by atoms with Crippen LogP contribution < -0.4 is 10.1 Å². The van der Waals surface area contributed by atoms with Gasteiger partial charge in [-0.1, -0.05) is 18.6 Å². The van der Waals surface area contributed by atoms with Gasteiger partial charge in [0.15, 0.2) is 0 Å². The number of fused-ring (bicyclic) bond motifs is 1. The lowest BCUT2D eigenvalue weighted by Gasteiger charge is -2.44. The molecule has 2 atom stereocenters. The average Bonchev–Trinajstić information content (AvgIpc) is 2.79. The van der Waals surface area contributed by atoms with Gasteiger partial charge in [0.1, 0.15) is 0 Å². The third-order valence-electron chi connectivity index (χ3n) is 5.17. The molecule has 0 aromatic carbocycles. The number of carbonyl (C=O) groups is 1. The summed E-state index contributed by atoms with van der Waals surface area (Å²) in [5, 5.41) is 3.29. The highest BCUT2D eigenvalue weighted by atomic mass is 16.5. The first-order valence-corrected chi connectivity index (χ1v) is 7.86. The first-order chi connectivity index (χ1) is 10.6. The lowest BCUT2D eigenvalue weighted by Crippen LogP contribution is -2.48. The van der Waals surface area contributed by atoms with Crippen LogP contribution in [0, 0.1) is 5.92 Å². The fourth-order valence-corrected chi connectivity index (χ4v) is 4.47. The van der Waals surface area contributed by atoms with E-state index in [1.807, 2.05) is 6.07 Å². The van der Waals surface area contributed by atoms with Crippen LogP contribution in [0.15, 0.2) is 34.9 Å². The van der Waals surface area contributed by atoms with E-state index in [-0.39, 0.29) is 17.4 Å². The molecule has 0 spiro atoms. The molecule has 0 unspecified atom stereocenters. The molecule has 2 bridgehead atoms. The van der Waals surface area contributed by atoms with Crippen molar-refractivity contribution in [2.24, 2.45) is 5.92 Å². The fraction of sp³-hybridized carbons (Fsp3) is 0.444. The highest BCUT2D eigenvalue weighted by Crippen LogP contribution is 2.53. The van der Waals surface area contributed by atoms with Gasteiger partial charge in [0, 0.05) is 29.5 Å². The largest absolute Gasteiger partial charge is 0.481 e. The number of nitrogens with one attached hydrogen (secondary N) is 1. The summed E-state index contributed by atoms with van der Waals surface area (Å²) in [7, 11) is 1.64. The van der Waals surface area contributed by atoms with Crippen LogP contribution >= 0.6 is 0 Å². The Labute approximate surface area is 130 Å². The van der Waals surface area contributed by atoms with Crippen molar-refractivity contribution in [1.82, 2.24) is 10.3 Å². The molecule has 4 heteroatoms. The molecular weight excluding hydrogens is 276 g/mol. The zero-order valence-electron chi connectivity index (χ0n) is 13.2. The number of hydrogen-bond donors (Lipinski definition) is 1. The van der Waals surface area contributed by atoms with Crippen molar-refractivity contribution in [2.75, 3.05) is 7.11 Å². The van der Waals surface area contributed by atoms with Crippen molar-refractivity contribution in [1.29, 1.82) is 0 Å². The molecular formula is C18H20N2O2. The van der Waals surface area contributed by atoms with E-state index in [0.717, 1.165) is 36.1 Å². The van der Waals surface area contributed by atoms with Gasteiger partial charge < -0.3 is 10.1 Å². The van der Waals surface area contributed by atoms with Crippen LogP contribution in [0.2, 0.25) is 0 Å². The second kappa shape index (κ2) is 4.45. The predicted octanol–water partition coefficient (Wildman–Crippen LogP) is 2.64. The van der Waals surface area contributed by atoms with Gasteiger partial charge in [-0.05, 0) is 31.4 Å². The van der Waals surface area contributed by atoms with Crippen LogP contribution in [-0.2, 0) is 16.8 Å². The molecule has 1 amide bonds. The van der Waals surface area contributed by atoms with Crippen molar-refractivity contribution < 1.29 is 9.53 Å². The SMILES string of the molecule is CCC1=C2[C@H]3C=C(C)C[C@]2(NC1=O)c1ccc(OC)nc1C3. The van der Waals surface area contributed by atoms with Gasteiger partial charge in [0.05, 0.1) is 18.3 Å². The molecule has 0 saturated carbocycles. The smallest absolute Gasteiger partial charge is 0.248 e. The van der Waals surface area contributed by atoms with Gasteiger partial charge >= 0.3 is 0 Å². The maximum Gasteiger partial charge on any atom is 0.248 e. The van der Waals surface area contributed by atoms with Gasteiger partial charge in [-0.2, -0.15) is 0 Å². The molecule has 4 rings (SSSR count). The molecule has 1 aliphatic heterocycles. The summed E-state index contributed by atoms with van der Waals surface area (Å²) in [5.41, 5.74) is 5.41. The Morgan fingerprint density at radius 2 is 2.27 bits per heavy atom. The number of nitrogens with zero attached hydrogens (tertiary/aromatic N) is 1. The number of pyridine rings is 1. The van der Waals surface area contributed by atoms with Crippen molar-refractivity contribution in [3.8, 4) is 5.88 Å². The molecule has 22 heavy (non-hydrogen) atoms. The molecule has 0 fully saturated rings. The number of hydrogen-bond acceptors (Lipinski definition) is 3. The Balaban J connectivity index is 1.99. The lowest BCUT2D eigenvalue weighted by atomic mass is 9.63. The van der Waals surface area contributed by atoms with Crippen LogP contribution in [0.5, 0.6) is 5.88 Å². The molecule has 1 aromatic heterocycles. The van der Waals surface area contributed by atoms with Crippen LogP contribution in [0.25, 0.3) is 0 Å². The third-order valence-corrected chi connectivity index (χ3v) is 5.17. The summed E-state index contributed by atoms with van der Waals surface area (Å²) >= 11 is 0. The molecule has 2 aliphatic carbocycles. The van der Waals surface area contributed by atoms with E-state index < -0.39 is 0 Å². The minimum Gasteiger partial charge on any atom is -0.481 e. The number of rotatable bonds is 2. The first kappa shape index (κ1) is 13.6. The van der Waals surface area contributed by atoms with E-state index in [2.05, 4.69) is 36.3 Å². The Morgan fingerprint density at radius 3 is 3.00 bits per heavy atom. The Kier molecular flexibility index (Phi) is 2.74. The van der Waals surface area contributed by atoms with E-state index in [1.54, 1.807) is 7.11 Å². The number of methoxy groups -OCH3 is 1. The van der Waals surface area contributed by atoms with Crippen molar-refractivity contribution in [3.63, 3.8) is 0 Å². The lowest BCUT2D eigenvalue weighted by molar-refractivity contribution is -0.118. The van der Waals surface area contributed by atoms with Crippen LogP contribution in [0.3, 0.4) is 0 Å². The summed E-state index contributed by atoms with van der Waals surface area (Å²) in [6, 6.07) is 3.98. The predicted molar refractivity (Wildman–Crippen MR) is 83.5 cm³/mol. The minimum atomic E-state index is -0.376. The summed E-state index contributed by atoms with van der Waals surface area (Å²) in [4.78, 5) is 17.2. The van der Waals surface area contributed by atoms with Crippen LogP contribution in [0.4, 0.5) is 0 Å². The van der Waals surface area contributed by atoms with E-state index in [1.165, 1.54) is 11.1 Å². The molecule has 0 saturated heterocycles. The molecule has 1 N–H and O–H groups in total. The molecule has 114 valence electrons. The normalized spacial score (nSPS) is 28.8. The summed E-state index contributed by atoms with van der Waals surface area (Å²) < 4.78 is 5.27. The zero-order valence-corrected chi connectivity index (χ0v) is 13.2. The minimum absolute atomic E-state index is 0.0919. The monoisotopic (exact) mass is 296 g/mol. The van der Waals surface area contributed by atoms with Crippen LogP contribution in [-0.4, -0.2) is 18.0 Å². The highest BCUT2D eigenvalue weighted by Gasteiger charge is 2.53. The maximum atomic E-state index is 12.5. The Bertz CT molecular complexity index is 747. The van der Waals surface area contributed by atoms with Crippen LogP contribution in [0.1, 0.15) is 37.9 Å². The van der Waals surface area contributed by atoms with E-state index in [4.69, 9.17) is 4.74 Å². The topological polar surface area (TPSA) is 51.2 Å². The summed E-state index contributed by atoms with van der Waals surface area (Å²) in [5.74, 6) is 1.01.